The number of benzene rings is 1. The number of rotatable bonds is 7. The minimum Gasteiger partial charge on any atom is -0.324 e. The van der Waals surface area contributed by atoms with E-state index in [2.05, 4.69) is 50.2 Å². The van der Waals surface area contributed by atoms with E-state index in [0.717, 1.165) is 19.5 Å². The molecule has 0 spiro atoms. The van der Waals surface area contributed by atoms with Crippen LogP contribution in [0.3, 0.4) is 0 Å². The molecular weight excluding hydrogens is 240 g/mol. The van der Waals surface area contributed by atoms with Crippen LogP contribution < -0.4 is 5.73 Å². The van der Waals surface area contributed by atoms with E-state index in [0.29, 0.717) is 0 Å². The largest absolute Gasteiger partial charge is 0.324 e. The second-order valence-electron chi connectivity index (χ2n) is 5.11. The fraction of sp³-hybridized carbons (Fsp3) is 0.600. The maximum atomic E-state index is 6.28. The lowest BCUT2D eigenvalue weighted by Gasteiger charge is -2.19. The maximum absolute atomic E-state index is 6.28. The molecule has 0 aliphatic carbocycles. The van der Waals surface area contributed by atoms with E-state index in [-0.39, 0.29) is 6.04 Å². The minimum atomic E-state index is 0.153. The van der Waals surface area contributed by atoms with Gasteiger partial charge in [0.2, 0.25) is 0 Å². The molecule has 0 radical (unpaired) electrons. The van der Waals surface area contributed by atoms with Crippen molar-refractivity contribution in [2.75, 3.05) is 32.1 Å². The summed E-state index contributed by atoms with van der Waals surface area (Å²) in [5, 5.41) is 0. The highest BCUT2D eigenvalue weighted by atomic mass is 32.2. The molecule has 0 saturated heterocycles. The number of nitrogens with two attached hydrogens (primary N) is 1. The molecule has 1 rings (SSSR count). The van der Waals surface area contributed by atoms with Gasteiger partial charge in [-0.05, 0) is 45.7 Å². The monoisotopic (exact) mass is 266 g/mol. The zero-order valence-electron chi connectivity index (χ0n) is 12.1. The summed E-state index contributed by atoms with van der Waals surface area (Å²) in [5.74, 6) is 1.19. The second kappa shape index (κ2) is 7.82. The van der Waals surface area contributed by atoms with Crippen molar-refractivity contribution in [1.29, 1.82) is 0 Å². The molecule has 2 nitrogen and oxygen atoms in total. The first-order valence-electron chi connectivity index (χ1n) is 6.54. The third-order valence-electron chi connectivity index (χ3n) is 3.17. The van der Waals surface area contributed by atoms with Gasteiger partial charge in [-0.15, -0.1) is 0 Å². The van der Waals surface area contributed by atoms with Crippen molar-refractivity contribution in [2.24, 2.45) is 5.73 Å². The van der Waals surface area contributed by atoms with Crippen LogP contribution in [0.15, 0.2) is 18.2 Å². The lowest BCUT2D eigenvalue weighted by atomic mass is 10.00. The third kappa shape index (κ3) is 5.42. The van der Waals surface area contributed by atoms with E-state index >= 15 is 0 Å². The Bertz CT molecular complexity index is 345. The van der Waals surface area contributed by atoms with E-state index in [1.807, 2.05) is 11.8 Å². The first-order valence-corrected chi connectivity index (χ1v) is 7.93. The Balaban J connectivity index is 2.47. The molecule has 0 amide bonds. The quantitative estimate of drug-likeness (QED) is 0.822. The fourth-order valence-corrected chi connectivity index (χ4v) is 2.60. The number of hydrogen-bond donors (Lipinski definition) is 1. The number of thioether (sulfide) groups is 1. The van der Waals surface area contributed by atoms with Crippen LogP contribution in [0.2, 0.25) is 0 Å². The van der Waals surface area contributed by atoms with Crippen LogP contribution in [0.25, 0.3) is 0 Å². The van der Waals surface area contributed by atoms with Gasteiger partial charge in [-0.25, -0.2) is 0 Å². The van der Waals surface area contributed by atoms with Crippen LogP contribution in [0.5, 0.6) is 0 Å². The predicted molar refractivity (Wildman–Crippen MR) is 83.3 cm³/mol. The third-order valence-corrected chi connectivity index (χ3v) is 3.76. The molecule has 1 atom stereocenters. The molecular formula is C15H26N2S. The minimum absolute atomic E-state index is 0.153. The van der Waals surface area contributed by atoms with E-state index in [4.69, 9.17) is 5.73 Å². The van der Waals surface area contributed by atoms with E-state index in [9.17, 15) is 0 Å². The van der Waals surface area contributed by atoms with Crippen molar-refractivity contribution in [2.45, 2.75) is 26.3 Å². The molecule has 0 fully saturated rings. The number of aryl methyl sites for hydroxylation is 2. The summed E-state index contributed by atoms with van der Waals surface area (Å²) < 4.78 is 0. The van der Waals surface area contributed by atoms with Gasteiger partial charge >= 0.3 is 0 Å². The average Bonchev–Trinajstić information content (AvgIpc) is 2.32. The zero-order valence-corrected chi connectivity index (χ0v) is 12.9. The summed E-state index contributed by atoms with van der Waals surface area (Å²) in [6, 6.07) is 6.76. The molecule has 0 saturated carbocycles. The average molecular weight is 266 g/mol. The lowest BCUT2D eigenvalue weighted by molar-refractivity contribution is 0.337. The molecule has 0 heterocycles. The van der Waals surface area contributed by atoms with Crippen LogP contribution in [0.4, 0.5) is 0 Å². The van der Waals surface area contributed by atoms with Crippen LogP contribution in [-0.2, 0) is 0 Å². The Hall–Kier alpha value is -0.510. The van der Waals surface area contributed by atoms with Gasteiger partial charge < -0.3 is 10.6 Å². The van der Waals surface area contributed by atoms with Crippen molar-refractivity contribution in [3.63, 3.8) is 0 Å². The molecule has 1 aromatic rings. The smallest absolute Gasteiger partial charge is 0.0307 e. The summed E-state index contributed by atoms with van der Waals surface area (Å²) >= 11 is 1.89. The SMILES string of the molecule is CSCCN(C)CCC(N)c1cc(C)cc(C)c1. The fourth-order valence-electron chi connectivity index (χ4n) is 2.11. The molecule has 0 aliphatic heterocycles. The molecule has 0 bridgehead atoms. The van der Waals surface area contributed by atoms with Gasteiger partial charge in [0.05, 0.1) is 0 Å². The van der Waals surface area contributed by atoms with Gasteiger partial charge in [-0.1, -0.05) is 29.3 Å². The molecule has 18 heavy (non-hydrogen) atoms. The first kappa shape index (κ1) is 15.5. The topological polar surface area (TPSA) is 29.3 Å². The van der Waals surface area contributed by atoms with Crippen molar-refractivity contribution >= 4 is 11.8 Å². The Labute approximate surface area is 116 Å². The van der Waals surface area contributed by atoms with Crippen molar-refractivity contribution in [3.05, 3.63) is 34.9 Å². The summed E-state index contributed by atoms with van der Waals surface area (Å²) in [7, 11) is 2.17. The molecule has 2 N–H and O–H groups in total. The second-order valence-corrected chi connectivity index (χ2v) is 6.10. The lowest BCUT2D eigenvalue weighted by Crippen LogP contribution is -2.25. The van der Waals surface area contributed by atoms with Gasteiger partial charge in [0.25, 0.3) is 0 Å². The van der Waals surface area contributed by atoms with Crippen LogP contribution >= 0.6 is 11.8 Å². The molecule has 1 unspecified atom stereocenters. The normalized spacial score (nSPS) is 13.0. The van der Waals surface area contributed by atoms with Gasteiger partial charge in [0, 0.05) is 18.3 Å². The van der Waals surface area contributed by atoms with Crippen molar-refractivity contribution in [1.82, 2.24) is 4.90 Å². The van der Waals surface area contributed by atoms with Gasteiger partial charge in [0.1, 0.15) is 0 Å². The standard InChI is InChI=1S/C15H26N2S/c1-12-9-13(2)11-14(10-12)15(16)5-6-17(3)7-8-18-4/h9-11,15H,5-8,16H2,1-4H3. The van der Waals surface area contributed by atoms with Gasteiger partial charge in [-0.2, -0.15) is 11.8 Å². The summed E-state index contributed by atoms with van der Waals surface area (Å²) in [5.41, 5.74) is 10.2. The van der Waals surface area contributed by atoms with Crippen molar-refractivity contribution in [3.8, 4) is 0 Å². The highest BCUT2D eigenvalue weighted by Gasteiger charge is 2.08. The van der Waals surface area contributed by atoms with Crippen molar-refractivity contribution < 1.29 is 0 Å². The van der Waals surface area contributed by atoms with Gasteiger partial charge in [-0.3, -0.25) is 0 Å². The van der Waals surface area contributed by atoms with Gasteiger partial charge in [0.15, 0.2) is 0 Å². The summed E-state index contributed by atoms with van der Waals surface area (Å²) in [6.45, 7) is 6.47. The molecule has 102 valence electrons. The van der Waals surface area contributed by atoms with E-state index in [1.54, 1.807) is 0 Å². The van der Waals surface area contributed by atoms with E-state index in [1.165, 1.54) is 22.4 Å². The molecule has 3 heteroatoms. The Morgan fingerprint density at radius 3 is 2.33 bits per heavy atom. The molecule has 0 aliphatic rings. The zero-order chi connectivity index (χ0) is 13.5. The van der Waals surface area contributed by atoms with Crippen LogP contribution in [0, 0.1) is 13.8 Å². The number of nitrogens with zero attached hydrogens (tertiary/aromatic N) is 1. The highest BCUT2D eigenvalue weighted by Crippen LogP contribution is 2.18. The maximum Gasteiger partial charge on any atom is 0.0307 e. The molecule has 0 aromatic heterocycles. The van der Waals surface area contributed by atoms with Crippen LogP contribution in [0.1, 0.15) is 29.2 Å². The first-order chi connectivity index (χ1) is 8.52. The Morgan fingerprint density at radius 2 is 1.78 bits per heavy atom. The molecule has 1 aromatic carbocycles. The highest BCUT2D eigenvalue weighted by molar-refractivity contribution is 7.98. The van der Waals surface area contributed by atoms with E-state index < -0.39 is 0 Å². The Morgan fingerprint density at radius 1 is 1.17 bits per heavy atom. The summed E-state index contributed by atoms with van der Waals surface area (Å²) in [4.78, 5) is 2.36. The predicted octanol–water partition coefficient (Wildman–Crippen LogP) is 2.99. The number of hydrogen-bond acceptors (Lipinski definition) is 3. The summed E-state index contributed by atoms with van der Waals surface area (Å²) in [6.07, 6.45) is 3.17. The van der Waals surface area contributed by atoms with Crippen LogP contribution in [-0.4, -0.2) is 37.0 Å². The Kier molecular flexibility index (Phi) is 6.76.